The highest BCUT2D eigenvalue weighted by Crippen LogP contribution is 2.30. The molecule has 0 bridgehead atoms. The minimum atomic E-state index is -4.80. The molecular formula is C31H46N2O6S2. The van der Waals surface area contributed by atoms with Gasteiger partial charge < -0.3 is 4.57 Å². The summed E-state index contributed by atoms with van der Waals surface area (Å²) < 4.78 is 69.4. The Kier molecular flexibility index (Phi) is 13.3. The summed E-state index contributed by atoms with van der Waals surface area (Å²) in [5.41, 5.74) is 1.13. The van der Waals surface area contributed by atoms with E-state index in [2.05, 4.69) is 11.9 Å². The molecule has 0 saturated carbocycles. The van der Waals surface area contributed by atoms with Crippen molar-refractivity contribution in [2.75, 3.05) is 0 Å². The minimum absolute atomic E-state index is 0.0969. The lowest BCUT2D eigenvalue weighted by atomic mass is 10.0. The summed E-state index contributed by atoms with van der Waals surface area (Å²) in [6.45, 7) is 2.56. The van der Waals surface area contributed by atoms with Crippen LogP contribution >= 0.6 is 0 Å². The van der Waals surface area contributed by atoms with Crippen LogP contribution in [0.2, 0.25) is 0 Å². The van der Waals surface area contributed by atoms with E-state index in [4.69, 9.17) is 0 Å². The molecule has 2 aromatic carbocycles. The van der Waals surface area contributed by atoms with E-state index in [1.54, 1.807) is 4.57 Å². The first-order valence-electron chi connectivity index (χ1n) is 15.1. The Bertz CT molecular complexity index is 1430. The third-order valence-electron chi connectivity index (χ3n) is 7.62. The number of fused-ring (bicyclic) bond motifs is 1. The molecule has 0 radical (unpaired) electrons. The van der Waals surface area contributed by atoms with Gasteiger partial charge in [-0.15, -0.1) is 0 Å². The van der Waals surface area contributed by atoms with Gasteiger partial charge in [0.1, 0.15) is 10.7 Å². The Labute approximate surface area is 246 Å². The van der Waals surface area contributed by atoms with Gasteiger partial charge in [0.2, 0.25) is 0 Å². The Hall–Kier alpha value is -2.27. The summed E-state index contributed by atoms with van der Waals surface area (Å²) >= 11 is 0. The fraction of sp³-hybridized carbons (Fsp3) is 0.581. The lowest BCUT2D eigenvalue weighted by Gasteiger charge is -2.12. The van der Waals surface area contributed by atoms with Gasteiger partial charge >= 0.3 is 0 Å². The highest BCUT2D eigenvalue weighted by molar-refractivity contribution is 7.86. The Morgan fingerprint density at radius 2 is 1.20 bits per heavy atom. The van der Waals surface area contributed by atoms with Crippen LogP contribution in [-0.2, 0) is 33.2 Å². The first-order valence-corrected chi connectivity index (χ1v) is 18.0. The molecule has 0 aliphatic carbocycles. The highest BCUT2D eigenvalue weighted by atomic mass is 32.2. The van der Waals surface area contributed by atoms with Crippen molar-refractivity contribution in [1.29, 1.82) is 0 Å². The molecule has 2 N–H and O–H groups in total. The average molecular weight is 607 g/mol. The number of aryl methyl sites for hydroxylation is 1. The molecule has 41 heavy (non-hydrogen) atoms. The molecule has 3 rings (SSSR count). The molecule has 228 valence electrons. The zero-order valence-corrected chi connectivity index (χ0v) is 25.9. The molecule has 0 aliphatic rings. The van der Waals surface area contributed by atoms with Crippen LogP contribution in [0, 0.1) is 0 Å². The van der Waals surface area contributed by atoms with Gasteiger partial charge in [-0.1, -0.05) is 127 Å². The van der Waals surface area contributed by atoms with Crippen LogP contribution in [0.4, 0.5) is 0 Å². The van der Waals surface area contributed by atoms with Crippen molar-refractivity contribution in [3.05, 3.63) is 53.9 Å². The molecule has 0 spiro atoms. The van der Waals surface area contributed by atoms with Crippen molar-refractivity contribution in [3.63, 3.8) is 0 Å². The normalized spacial score (nSPS) is 12.4. The van der Waals surface area contributed by atoms with Crippen LogP contribution in [0.3, 0.4) is 0 Å². The smallest absolute Gasteiger partial charge is 0.296 e. The number of rotatable bonds is 20. The molecule has 0 saturated heterocycles. The van der Waals surface area contributed by atoms with Crippen LogP contribution in [0.1, 0.15) is 115 Å². The number of nitrogens with zero attached hydrogens (tertiary/aromatic N) is 2. The molecule has 0 unspecified atom stereocenters. The van der Waals surface area contributed by atoms with E-state index in [1.165, 1.54) is 77.0 Å². The zero-order valence-electron chi connectivity index (χ0n) is 24.3. The van der Waals surface area contributed by atoms with Crippen LogP contribution in [-0.4, -0.2) is 35.5 Å². The third-order valence-corrected chi connectivity index (χ3v) is 9.32. The van der Waals surface area contributed by atoms with Crippen LogP contribution in [0.15, 0.2) is 52.3 Å². The van der Waals surface area contributed by atoms with E-state index in [0.29, 0.717) is 18.8 Å². The number of aromatic nitrogens is 2. The van der Waals surface area contributed by atoms with Crippen molar-refractivity contribution in [2.24, 2.45) is 0 Å². The van der Waals surface area contributed by atoms with E-state index < -0.39 is 30.0 Å². The molecule has 10 heteroatoms. The summed E-state index contributed by atoms with van der Waals surface area (Å²) in [6.07, 6.45) is 19.4. The first kappa shape index (κ1) is 33.2. The van der Waals surface area contributed by atoms with E-state index >= 15 is 0 Å². The SMILES string of the molecule is CCCCCCCCCCCCCCCCCc1nc2cc(S(=O)(=O)O)cc(S(=O)(=O)O)c2n1Cc1ccccc1. The van der Waals surface area contributed by atoms with E-state index in [-0.39, 0.29) is 11.0 Å². The van der Waals surface area contributed by atoms with Crippen molar-refractivity contribution < 1.29 is 25.9 Å². The number of benzene rings is 2. The predicted octanol–water partition coefficient (Wildman–Crippen LogP) is 7.99. The van der Waals surface area contributed by atoms with Gasteiger partial charge in [-0.2, -0.15) is 16.8 Å². The van der Waals surface area contributed by atoms with Gasteiger partial charge in [-0.25, -0.2) is 4.98 Å². The largest absolute Gasteiger partial charge is 0.322 e. The standard InChI is InChI=1S/C31H46N2O6S2/c1-2-3-4-5-6-7-8-9-10-11-12-13-14-15-19-22-30-32-28-23-27(40(34,35)36)24-29(41(37,38)39)31(28)33(30)25-26-20-17-16-18-21-26/h16-18,20-21,23-24H,2-15,19,22,25H2,1H3,(H,34,35,36)(H,37,38,39). The third kappa shape index (κ3) is 10.8. The molecule has 0 amide bonds. The average Bonchev–Trinajstić information content (AvgIpc) is 3.26. The number of hydrogen-bond acceptors (Lipinski definition) is 5. The molecule has 8 nitrogen and oxygen atoms in total. The second kappa shape index (κ2) is 16.4. The van der Waals surface area contributed by atoms with Crippen LogP contribution in [0.5, 0.6) is 0 Å². The van der Waals surface area contributed by atoms with Crippen LogP contribution < -0.4 is 0 Å². The molecule has 1 heterocycles. The van der Waals surface area contributed by atoms with Gasteiger partial charge in [0.15, 0.2) is 0 Å². The Morgan fingerprint density at radius 1 is 0.683 bits per heavy atom. The number of unbranched alkanes of at least 4 members (excludes halogenated alkanes) is 14. The Morgan fingerprint density at radius 3 is 1.68 bits per heavy atom. The van der Waals surface area contributed by atoms with Crippen molar-refractivity contribution in [1.82, 2.24) is 9.55 Å². The van der Waals surface area contributed by atoms with Gasteiger partial charge in [0, 0.05) is 13.0 Å². The van der Waals surface area contributed by atoms with Crippen molar-refractivity contribution in [3.8, 4) is 0 Å². The summed E-state index contributed by atoms with van der Waals surface area (Å²) in [5.74, 6) is 0.607. The first-order chi connectivity index (χ1) is 19.6. The van der Waals surface area contributed by atoms with Gasteiger partial charge in [0.05, 0.1) is 15.9 Å². The molecule has 0 aliphatic heterocycles. The lowest BCUT2D eigenvalue weighted by molar-refractivity contribution is 0.481. The molecule has 3 aromatic rings. The van der Waals surface area contributed by atoms with Gasteiger partial charge in [-0.3, -0.25) is 9.11 Å². The fourth-order valence-electron chi connectivity index (χ4n) is 5.38. The van der Waals surface area contributed by atoms with Crippen molar-refractivity contribution >= 4 is 31.3 Å². The maximum Gasteiger partial charge on any atom is 0.296 e. The predicted molar refractivity (Wildman–Crippen MR) is 164 cm³/mol. The zero-order chi connectivity index (χ0) is 29.7. The molecule has 0 fully saturated rings. The summed E-state index contributed by atoms with van der Waals surface area (Å²) in [4.78, 5) is 3.36. The maximum absolute atomic E-state index is 12.3. The summed E-state index contributed by atoms with van der Waals surface area (Å²) in [7, 11) is -9.51. The summed E-state index contributed by atoms with van der Waals surface area (Å²) in [5, 5.41) is 0. The van der Waals surface area contributed by atoms with E-state index in [9.17, 15) is 25.9 Å². The number of hydrogen-bond donors (Lipinski definition) is 2. The molecule has 1 aromatic heterocycles. The second-order valence-electron chi connectivity index (χ2n) is 11.0. The van der Waals surface area contributed by atoms with Crippen LogP contribution in [0.25, 0.3) is 11.0 Å². The fourth-order valence-corrected chi connectivity index (χ4v) is 6.72. The maximum atomic E-state index is 12.3. The molecular weight excluding hydrogens is 560 g/mol. The number of imidazole rings is 1. The van der Waals surface area contributed by atoms with Gasteiger partial charge in [0.25, 0.3) is 20.2 Å². The second-order valence-corrected chi connectivity index (χ2v) is 13.9. The Balaban J connectivity index is 1.58. The van der Waals surface area contributed by atoms with E-state index in [1.807, 2.05) is 30.3 Å². The topological polar surface area (TPSA) is 127 Å². The molecule has 0 atom stereocenters. The monoisotopic (exact) mass is 606 g/mol. The highest BCUT2D eigenvalue weighted by Gasteiger charge is 2.25. The van der Waals surface area contributed by atoms with E-state index in [0.717, 1.165) is 37.0 Å². The summed E-state index contributed by atoms with van der Waals surface area (Å²) in [6, 6.07) is 11.4. The minimum Gasteiger partial charge on any atom is -0.322 e. The quantitative estimate of drug-likeness (QED) is 0.0985. The van der Waals surface area contributed by atoms with Crippen molar-refractivity contribution in [2.45, 2.75) is 126 Å². The lowest BCUT2D eigenvalue weighted by Crippen LogP contribution is -2.10. The van der Waals surface area contributed by atoms with Gasteiger partial charge in [-0.05, 0) is 24.1 Å².